The Morgan fingerprint density at radius 1 is 1.14 bits per heavy atom. The van der Waals surface area contributed by atoms with Crippen LogP contribution in [-0.4, -0.2) is 60.0 Å². The van der Waals surface area contributed by atoms with E-state index in [2.05, 4.69) is 31.4 Å². The third-order valence-electron chi connectivity index (χ3n) is 6.84. The van der Waals surface area contributed by atoms with Crippen molar-refractivity contribution in [3.8, 4) is 11.3 Å². The van der Waals surface area contributed by atoms with E-state index >= 15 is 0 Å². The van der Waals surface area contributed by atoms with Crippen molar-refractivity contribution in [3.63, 3.8) is 0 Å². The normalized spacial score (nSPS) is 24.6. The zero-order valence-corrected chi connectivity index (χ0v) is 21.2. The highest BCUT2D eigenvalue weighted by Gasteiger charge is 2.45. The Hall–Kier alpha value is -3.20. The zero-order valence-electron chi connectivity index (χ0n) is 21.2. The molecule has 0 bridgehead atoms. The lowest BCUT2D eigenvalue weighted by atomic mass is 9.80. The number of halogens is 1. The lowest BCUT2D eigenvalue weighted by Gasteiger charge is -2.41. The molecule has 4 atom stereocenters. The molecule has 8 nitrogen and oxygen atoms in total. The maximum Gasteiger partial charge on any atom is 0.310 e. The first-order chi connectivity index (χ1) is 17.1. The topological polar surface area (TPSA) is 101 Å². The van der Waals surface area contributed by atoms with Crippen LogP contribution in [0.25, 0.3) is 11.3 Å². The quantitative estimate of drug-likeness (QED) is 0.590. The number of hydrogen-bond acceptors (Lipinski definition) is 6. The van der Waals surface area contributed by atoms with Gasteiger partial charge in [-0.25, -0.2) is 4.39 Å². The number of esters is 1. The van der Waals surface area contributed by atoms with Crippen LogP contribution in [0.15, 0.2) is 40.8 Å². The molecule has 2 amide bonds. The number of rotatable bonds is 6. The van der Waals surface area contributed by atoms with Crippen molar-refractivity contribution >= 4 is 17.8 Å². The van der Waals surface area contributed by atoms with Crippen LogP contribution in [0.5, 0.6) is 0 Å². The number of benzene rings is 1. The molecule has 2 aliphatic rings. The highest BCUT2D eigenvalue weighted by Crippen LogP contribution is 2.33. The molecule has 194 valence electrons. The SMILES string of the molecule is COC(=O)C1CC(NC(C)(C)C)CCC1N1CC[C@H](NC(=O)c2ccc(-c3cccc(F)c3)o2)C1=O. The van der Waals surface area contributed by atoms with Gasteiger partial charge in [-0.15, -0.1) is 0 Å². The second-order valence-electron chi connectivity index (χ2n) is 10.6. The van der Waals surface area contributed by atoms with Crippen molar-refractivity contribution in [2.75, 3.05) is 13.7 Å². The fourth-order valence-corrected chi connectivity index (χ4v) is 5.33. The number of nitrogens with one attached hydrogen (secondary N) is 2. The van der Waals surface area contributed by atoms with Gasteiger partial charge in [0.2, 0.25) is 5.91 Å². The number of methoxy groups -OCH3 is 1. The predicted molar refractivity (Wildman–Crippen MR) is 132 cm³/mol. The number of ether oxygens (including phenoxy) is 1. The van der Waals surface area contributed by atoms with Gasteiger partial charge < -0.3 is 24.7 Å². The third-order valence-corrected chi connectivity index (χ3v) is 6.84. The van der Waals surface area contributed by atoms with Gasteiger partial charge in [-0.2, -0.15) is 0 Å². The van der Waals surface area contributed by atoms with Crippen molar-refractivity contribution in [2.45, 2.75) is 70.1 Å². The molecule has 9 heteroatoms. The summed E-state index contributed by atoms with van der Waals surface area (Å²) >= 11 is 0. The van der Waals surface area contributed by atoms with Crippen LogP contribution in [0, 0.1) is 11.7 Å². The second kappa shape index (κ2) is 10.4. The number of carbonyl (C=O) groups excluding carboxylic acids is 3. The van der Waals surface area contributed by atoms with Gasteiger partial charge in [-0.1, -0.05) is 12.1 Å². The van der Waals surface area contributed by atoms with Crippen molar-refractivity contribution in [3.05, 3.63) is 48.0 Å². The van der Waals surface area contributed by atoms with Crippen LogP contribution in [0.4, 0.5) is 4.39 Å². The van der Waals surface area contributed by atoms with E-state index in [-0.39, 0.29) is 35.3 Å². The first kappa shape index (κ1) is 25.9. The molecule has 2 N–H and O–H groups in total. The summed E-state index contributed by atoms with van der Waals surface area (Å²) < 4.78 is 24.2. The molecule has 3 unspecified atom stereocenters. The molecule has 1 saturated carbocycles. The van der Waals surface area contributed by atoms with Gasteiger partial charge in [-0.05, 0) is 70.7 Å². The summed E-state index contributed by atoms with van der Waals surface area (Å²) in [5.41, 5.74) is 0.430. The first-order valence-electron chi connectivity index (χ1n) is 12.4. The first-order valence-corrected chi connectivity index (χ1v) is 12.4. The van der Waals surface area contributed by atoms with Gasteiger partial charge in [0.15, 0.2) is 5.76 Å². The van der Waals surface area contributed by atoms with Gasteiger partial charge in [0.25, 0.3) is 5.91 Å². The van der Waals surface area contributed by atoms with Crippen LogP contribution < -0.4 is 10.6 Å². The number of furan rings is 1. The minimum absolute atomic E-state index is 0.0433. The molecule has 1 saturated heterocycles. The average Bonchev–Trinajstić information content (AvgIpc) is 3.45. The summed E-state index contributed by atoms with van der Waals surface area (Å²) in [6, 6.07) is 8.18. The Balaban J connectivity index is 1.41. The van der Waals surface area contributed by atoms with E-state index in [0.717, 1.165) is 6.42 Å². The minimum Gasteiger partial charge on any atom is -0.469 e. The van der Waals surface area contributed by atoms with Gasteiger partial charge in [-0.3, -0.25) is 14.4 Å². The van der Waals surface area contributed by atoms with Crippen LogP contribution in [0.2, 0.25) is 0 Å². The summed E-state index contributed by atoms with van der Waals surface area (Å²) in [6.45, 7) is 6.71. The van der Waals surface area contributed by atoms with Crippen LogP contribution in [0.1, 0.15) is 57.0 Å². The van der Waals surface area contributed by atoms with Crippen molar-refractivity contribution in [1.29, 1.82) is 0 Å². The Morgan fingerprint density at radius 3 is 2.61 bits per heavy atom. The van der Waals surface area contributed by atoms with Crippen molar-refractivity contribution < 1.29 is 27.9 Å². The number of carbonyl (C=O) groups is 3. The fraction of sp³-hybridized carbons (Fsp3) is 0.519. The van der Waals surface area contributed by atoms with E-state index in [1.807, 2.05) is 0 Å². The summed E-state index contributed by atoms with van der Waals surface area (Å²) in [5, 5.41) is 6.32. The van der Waals surface area contributed by atoms with E-state index < -0.39 is 23.7 Å². The van der Waals surface area contributed by atoms with Crippen LogP contribution in [-0.2, 0) is 14.3 Å². The van der Waals surface area contributed by atoms with Crippen LogP contribution >= 0.6 is 0 Å². The standard InChI is InChI=1S/C27H34FN3O5/c1-27(2,3)30-18-8-9-21(19(15-18)26(34)35-4)31-13-12-20(25(31)33)29-24(32)23-11-10-22(36-23)16-6-5-7-17(28)14-16/h5-7,10-11,14,18-21,30H,8-9,12-13,15H2,1-4H3,(H,29,32)/t18?,19?,20-,21?/m0/s1. The lowest BCUT2D eigenvalue weighted by molar-refractivity contribution is -0.151. The molecule has 36 heavy (non-hydrogen) atoms. The number of hydrogen-bond donors (Lipinski definition) is 2. The monoisotopic (exact) mass is 499 g/mol. The minimum atomic E-state index is -0.705. The Bertz CT molecular complexity index is 1120. The van der Waals surface area contributed by atoms with Crippen molar-refractivity contribution in [1.82, 2.24) is 15.5 Å². The highest BCUT2D eigenvalue weighted by molar-refractivity contribution is 5.96. The predicted octanol–water partition coefficient (Wildman–Crippen LogP) is 3.51. The number of nitrogens with zero attached hydrogens (tertiary/aromatic N) is 1. The maximum atomic E-state index is 13.5. The average molecular weight is 500 g/mol. The summed E-state index contributed by atoms with van der Waals surface area (Å²) in [4.78, 5) is 40.4. The van der Waals surface area contributed by atoms with Gasteiger partial charge in [0.1, 0.15) is 17.6 Å². The largest absolute Gasteiger partial charge is 0.469 e. The molecule has 0 radical (unpaired) electrons. The third kappa shape index (κ3) is 5.78. The van der Waals surface area contributed by atoms with E-state index in [1.54, 1.807) is 23.1 Å². The molecule has 1 aromatic heterocycles. The molecule has 4 rings (SSSR count). The molecular weight excluding hydrogens is 465 g/mol. The van der Waals surface area contributed by atoms with Gasteiger partial charge in [0.05, 0.1) is 13.0 Å². The summed E-state index contributed by atoms with van der Waals surface area (Å²) in [6.07, 6.45) is 2.54. The fourth-order valence-electron chi connectivity index (χ4n) is 5.33. The molecule has 0 spiro atoms. The molecule has 2 aromatic rings. The van der Waals surface area contributed by atoms with E-state index in [0.29, 0.717) is 37.1 Å². The van der Waals surface area contributed by atoms with Crippen LogP contribution in [0.3, 0.4) is 0 Å². The van der Waals surface area contributed by atoms with E-state index in [4.69, 9.17) is 9.15 Å². The highest BCUT2D eigenvalue weighted by atomic mass is 19.1. The molecular formula is C27H34FN3O5. The second-order valence-corrected chi connectivity index (χ2v) is 10.6. The number of likely N-dealkylation sites (tertiary alicyclic amines) is 1. The Morgan fingerprint density at radius 2 is 1.92 bits per heavy atom. The van der Waals surface area contributed by atoms with E-state index in [9.17, 15) is 18.8 Å². The molecule has 2 heterocycles. The van der Waals surface area contributed by atoms with Gasteiger partial charge in [0, 0.05) is 29.7 Å². The Labute approximate surface area is 210 Å². The van der Waals surface area contributed by atoms with Crippen molar-refractivity contribution in [2.24, 2.45) is 5.92 Å². The summed E-state index contributed by atoms with van der Waals surface area (Å²) in [5.74, 6) is -1.47. The summed E-state index contributed by atoms with van der Waals surface area (Å²) in [7, 11) is 1.37. The van der Waals surface area contributed by atoms with E-state index in [1.165, 1.54) is 25.3 Å². The maximum absolute atomic E-state index is 13.5. The number of amides is 2. The Kier molecular flexibility index (Phi) is 7.49. The molecule has 2 fully saturated rings. The molecule has 1 aliphatic carbocycles. The molecule has 1 aliphatic heterocycles. The lowest BCUT2D eigenvalue weighted by Crippen LogP contribution is -2.55. The zero-order chi connectivity index (χ0) is 26.0. The smallest absolute Gasteiger partial charge is 0.310 e. The van der Waals surface area contributed by atoms with Gasteiger partial charge >= 0.3 is 5.97 Å². The molecule has 1 aromatic carbocycles.